The van der Waals surface area contributed by atoms with Crippen molar-refractivity contribution in [1.82, 2.24) is 5.32 Å². The van der Waals surface area contributed by atoms with E-state index < -0.39 is 26.6 Å². The first-order chi connectivity index (χ1) is 35.4. The van der Waals surface area contributed by atoms with Crippen molar-refractivity contribution in [3.8, 4) is 0 Å². The lowest BCUT2D eigenvalue weighted by Gasteiger charge is -2.30. The number of amides is 1. The van der Waals surface area contributed by atoms with Crippen molar-refractivity contribution in [2.75, 3.05) is 40.9 Å². The second-order valence-electron chi connectivity index (χ2n) is 20.6. The molecule has 3 unspecified atom stereocenters. The fourth-order valence-electron chi connectivity index (χ4n) is 7.82. The molecule has 0 bridgehead atoms. The number of likely N-dealkylation sites (N-methyl/N-ethyl adjacent to an activating group) is 1. The minimum absolute atomic E-state index is 0.0380. The number of nitrogens with one attached hydrogen (secondary N) is 1. The molecular formula is C63H109N2O7P. The summed E-state index contributed by atoms with van der Waals surface area (Å²) >= 11 is 0. The second kappa shape index (κ2) is 52.1. The molecule has 3 atom stereocenters. The zero-order chi connectivity index (χ0) is 53.6. The number of phosphoric ester groups is 1. The van der Waals surface area contributed by atoms with Crippen molar-refractivity contribution in [2.45, 2.75) is 238 Å². The molecule has 0 saturated heterocycles. The van der Waals surface area contributed by atoms with E-state index in [9.17, 15) is 19.0 Å². The molecule has 10 heteroatoms. The van der Waals surface area contributed by atoms with Gasteiger partial charge >= 0.3 is 5.97 Å². The van der Waals surface area contributed by atoms with E-state index in [0.717, 1.165) is 77.0 Å². The number of nitrogens with zero attached hydrogens (tertiary/aromatic N) is 1. The van der Waals surface area contributed by atoms with E-state index in [1.807, 2.05) is 94.1 Å². The molecule has 0 saturated carbocycles. The van der Waals surface area contributed by atoms with Crippen LogP contribution in [0.3, 0.4) is 0 Å². The van der Waals surface area contributed by atoms with Crippen LogP contribution in [0.1, 0.15) is 226 Å². The molecule has 0 rings (SSSR count). The molecular weight excluding hydrogens is 928 g/mol. The summed E-state index contributed by atoms with van der Waals surface area (Å²) in [5.74, 6) is -0.605. The first-order valence-corrected chi connectivity index (χ1v) is 30.7. The number of hydrogen-bond acceptors (Lipinski definition) is 7. The number of phosphoric acid groups is 1. The third kappa shape index (κ3) is 53.3. The molecule has 0 fully saturated rings. The Kier molecular flexibility index (Phi) is 49.7. The van der Waals surface area contributed by atoms with Crippen LogP contribution >= 0.6 is 7.82 Å². The minimum Gasteiger partial charge on any atom is -0.756 e. The van der Waals surface area contributed by atoms with Crippen LogP contribution in [0.15, 0.2) is 109 Å². The Labute approximate surface area is 449 Å². The van der Waals surface area contributed by atoms with Gasteiger partial charge in [0.05, 0.1) is 33.8 Å². The summed E-state index contributed by atoms with van der Waals surface area (Å²) in [6.07, 6.45) is 70.5. The maximum absolute atomic E-state index is 13.5. The number of unbranched alkanes of at least 4 members (excludes halogenated alkanes) is 24. The zero-order valence-electron chi connectivity index (χ0n) is 47.5. The normalized spacial score (nSPS) is 14.6. The van der Waals surface area contributed by atoms with Crippen LogP contribution in [-0.4, -0.2) is 69.4 Å². The van der Waals surface area contributed by atoms with Crippen LogP contribution in [0.25, 0.3) is 0 Å². The zero-order valence-corrected chi connectivity index (χ0v) is 48.4. The Morgan fingerprint density at radius 1 is 0.507 bits per heavy atom. The Morgan fingerprint density at radius 3 is 1.47 bits per heavy atom. The highest BCUT2D eigenvalue weighted by Gasteiger charge is 2.27. The number of rotatable bonds is 51. The van der Waals surface area contributed by atoms with Crippen molar-refractivity contribution >= 4 is 19.7 Å². The van der Waals surface area contributed by atoms with Gasteiger partial charge < -0.3 is 28.5 Å². The molecule has 418 valence electrons. The maximum Gasteiger partial charge on any atom is 0.306 e. The number of hydrogen-bond donors (Lipinski definition) is 1. The molecule has 0 aromatic rings. The van der Waals surface area contributed by atoms with E-state index in [-0.39, 0.29) is 31.3 Å². The summed E-state index contributed by atoms with van der Waals surface area (Å²) in [6.45, 7) is 6.61. The minimum atomic E-state index is -4.72. The predicted molar refractivity (Wildman–Crippen MR) is 311 cm³/mol. The monoisotopic (exact) mass is 1040 g/mol. The fraction of sp³-hybridized carbons (Fsp3) is 0.683. The fourth-order valence-corrected chi connectivity index (χ4v) is 8.54. The van der Waals surface area contributed by atoms with Crippen LogP contribution in [-0.2, 0) is 27.9 Å². The third-order valence-corrected chi connectivity index (χ3v) is 13.3. The Morgan fingerprint density at radius 2 is 0.932 bits per heavy atom. The summed E-state index contributed by atoms with van der Waals surface area (Å²) in [5, 5.41) is 2.99. The van der Waals surface area contributed by atoms with Gasteiger partial charge in [0.2, 0.25) is 5.91 Å². The van der Waals surface area contributed by atoms with Crippen LogP contribution < -0.4 is 10.2 Å². The quantitative estimate of drug-likeness (QED) is 0.0161. The Hall–Kier alpha value is -3.33. The molecule has 1 amide bonds. The molecule has 0 heterocycles. The molecule has 0 aliphatic carbocycles. The lowest BCUT2D eigenvalue weighted by atomic mass is 10.1. The SMILES string of the molecule is CC\C=C/C=C/C=C/C=C\C=C\C=C\CCCCCC(=O)NC(COP(=O)([O-])OCC[N+](C)(C)C)C(/C=C/CCCCCCCCCCC)OC(=O)CCCCCCCCCCC/C=C\C/C=C\CCCCC. The molecule has 9 nitrogen and oxygen atoms in total. The number of ether oxygens (including phenoxy) is 1. The van der Waals surface area contributed by atoms with E-state index in [4.69, 9.17) is 13.8 Å². The first kappa shape index (κ1) is 69.7. The highest BCUT2D eigenvalue weighted by atomic mass is 31.2. The van der Waals surface area contributed by atoms with Gasteiger partial charge in [-0.05, 0) is 83.1 Å². The molecule has 0 aliphatic heterocycles. The predicted octanol–water partition coefficient (Wildman–Crippen LogP) is 17.1. The topological polar surface area (TPSA) is 114 Å². The summed E-state index contributed by atoms with van der Waals surface area (Å²) in [6, 6.07) is -0.919. The largest absolute Gasteiger partial charge is 0.756 e. The van der Waals surface area contributed by atoms with E-state index >= 15 is 0 Å². The van der Waals surface area contributed by atoms with Gasteiger partial charge in [-0.1, -0.05) is 240 Å². The van der Waals surface area contributed by atoms with Crippen molar-refractivity contribution in [2.24, 2.45) is 0 Å². The molecule has 0 aromatic heterocycles. The summed E-state index contributed by atoms with van der Waals surface area (Å²) in [4.78, 5) is 39.9. The molecule has 1 N–H and O–H groups in total. The van der Waals surface area contributed by atoms with Crippen LogP contribution in [0.4, 0.5) is 0 Å². The van der Waals surface area contributed by atoms with Gasteiger partial charge in [0, 0.05) is 12.8 Å². The van der Waals surface area contributed by atoms with Crippen molar-refractivity contribution in [3.05, 3.63) is 109 Å². The maximum atomic E-state index is 13.5. The van der Waals surface area contributed by atoms with E-state index in [2.05, 4.69) is 62.5 Å². The average molecular weight is 1040 g/mol. The number of carbonyl (C=O) groups excluding carboxylic acids is 2. The molecule has 73 heavy (non-hydrogen) atoms. The first-order valence-electron chi connectivity index (χ1n) is 29.3. The Bertz CT molecular complexity index is 1620. The van der Waals surface area contributed by atoms with E-state index in [1.165, 1.54) is 103 Å². The number of quaternary nitrogens is 1. The number of carbonyl (C=O) groups is 2. The van der Waals surface area contributed by atoms with E-state index in [1.54, 1.807) is 0 Å². The van der Waals surface area contributed by atoms with Crippen LogP contribution in [0.5, 0.6) is 0 Å². The van der Waals surface area contributed by atoms with Gasteiger partial charge in [0.1, 0.15) is 19.3 Å². The van der Waals surface area contributed by atoms with Crippen LogP contribution in [0, 0.1) is 0 Å². The second-order valence-corrected chi connectivity index (χ2v) is 22.0. The third-order valence-electron chi connectivity index (χ3n) is 12.3. The lowest BCUT2D eigenvalue weighted by molar-refractivity contribution is -0.870. The van der Waals surface area contributed by atoms with Gasteiger partial charge in [-0.15, -0.1) is 0 Å². The molecule has 0 radical (unpaired) electrons. The van der Waals surface area contributed by atoms with Gasteiger partial charge in [-0.25, -0.2) is 0 Å². The van der Waals surface area contributed by atoms with Crippen LogP contribution in [0.2, 0.25) is 0 Å². The highest BCUT2D eigenvalue weighted by molar-refractivity contribution is 7.45. The van der Waals surface area contributed by atoms with Gasteiger partial charge in [0.15, 0.2) is 0 Å². The van der Waals surface area contributed by atoms with Gasteiger partial charge in [-0.2, -0.15) is 0 Å². The standard InChI is InChI=1S/C63H109N2O7P/c1-7-10-13-16-19-22-25-27-29-31-32-34-36-38-41-44-47-50-53-56-63(67)72-61(54-51-48-45-42-39-24-21-18-15-12-9-3)60(59-71-73(68,69)70-58-57-65(4,5)6)64-62(66)55-52-49-46-43-40-37-35-33-30-28-26-23-20-17-14-11-8-2/h11,14,17,19-20,22-23,26-30,33,35,37,40,51,54,60-61H,7-10,12-13,15-16,18,21,24-25,31-32,34,36,38-39,41-50,52-53,55-59H2,1-6H3,(H-,64,66,68,69)/b14-11-,20-17+,22-19-,26-23+,29-27-,30-28-,35-33+,40-37+,54-51+. The van der Waals surface area contributed by atoms with Crippen molar-refractivity contribution in [1.29, 1.82) is 0 Å². The molecule has 0 aliphatic rings. The van der Waals surface area contributed by atoms with Crippen molar-refractivity contribution < 1.29 is 37.3 Å². The smallest absolute Gasteiger partial charge is 0.306 e. The average Bonchev–Trinajstić information content (AvgIpc) is 3.35. The van der Waals surface area contributed by atoms with E-state index in [0.29, 0.717) is 23.9 Å². The molecule has 0 spiro atoms. The lowest BCUT2D eigenvalue weighted by Crippen LogP contribution is -2.47. The summed E-state index contributed by atoms with van der Waals surface area (Å²) < 4.78 is 30.2. The summed E-state index contributed by atoms with van der Waals surface area (Å²) in [5.41, 5.74) is 0. The highest BCUT2D eigenvalue weighted by Crippen LogP contribution is 2.38. The van der Waals surface area contributed by atoms with Crippen molar-refractivity contribution in [3.63, 3.8) is 0 Å². The summed E-state index contributed by atoms with van der Waals surface area (Å²) in [7, 11) is 1.13. The number of allylic oxidation sites excluding steroid dienone is 17. The Balaban J connectivity index is 5.38. The number of esters is 1. The van der Waals surface area contributed by atoms with Gasteiger partial charge in [0.25, 0.3) is 7.82 Å². The molecule has 0 aromatic carbocycles. The van der Waals surface area contributed by atoms with Gasteiger partial charge in [-0.3, -0.25) is 14.2 Å².